The van der Waals surface area contributed by atoms with Crippen LogP contribution in [0, 0.1) is 21.7 Å². The summed E-state index contributed by atoms with van der Waals surface area (Å²) in [6, 6.07) is 6.08. The molecule has 1 heterocycles. The van der Waals surface area contributed by atoms with Crippen LogP contribution in [-0.4, -0.2) is 20.4 Å². The number of nitrogens with one attached hydrogen (secondary N) is 1. The number of halogens is 2. The van der Waals surface area contributed by atoms with Gasteiger partial charge in [0, 0.05) is 23.9 Å². The zero-order chi connectivity index (χ0) is 18.8. The molecular weight excluding hydrogens is 350 g/mol. The Morgan fingerprint density at radius 2 is 1.88 bits per heavy atom. The molecule has 1 aromatic heterocycles. The second-order valence-corrected chi connectivity index (χ2v) is 5.34. The molecule has 0 aliphatic rings. The van der Waals surface area contributed by atoms with Gasteiger partial charge in [-0.15, -0.1) is 0 Å². The molecule has 0 aliphatic heterocycles. The molecule has 3 aromatic rings. The Bertz CT molecular complexity index is 1080. The van der Waals surface area contributed by atoms with E-state index in [2.05, 4.69) is 10.3 Å². The number of nitro benzene ring substituents is 1. The lowest BCUT2D eigenvalue weighted by Crippen LogP contribution is -2.28. The van der Waals surface area contributed by atoms with E-state index >= 15 is 0 Å². The minimum Gasteiger partial charge on any atom is -0.324 e. The van der Waals surface area contributed by atoms with Crippen LogP contribution in [0.5, 0.6) is 0 Å². The summed E-state index contributed by atoms with van der Waals surface area (Å²) < 4.78 is 27.2. The largest absolute Gasteiger partial charge is 0.324 e. The van der Waals surface area contributed by atoms with E-state index in [1.807, 2.05) is 0 Å². The molecule has 26 heavy (non-hydrogen) atoms. The highest BCUT2D eigenvalue weighted by molar-refractivity contribution is 5.90. The molecule has 132 valence electrons. The summed E-state index contributed by atoms with van der Waals surface area (Å²) in [5.41, 5.74) is -0.767. The Balaban J connectivity index is 1.85. The first-order valence-corrected chi connectivity index (χ1v) is 7.23. The molecule has 1 amide bonds. The Morgan fingerprint density at radius 3 is 2.54 bits per heavy atom. The number of carbonyl (C=O) groups is 1. The number of hydrogen-bond acceptors (Lipinski definition) is 5. The molecule has 0 spiro atoms. The van der Waals surface area contributed by atoms with Gasteiger partial charge in [-0.2, -0.15) is 0 Å². The van der Waals surface area contributed by atoms with Gasteiger partial charge in [0.1, 0.15) is 18.2 Å². The van der Waals surface area contributed by atoms with Crippen LogP contribution >= 0.6 is 0 Å². The highest BCUT2D eigenvalue weighted by atomic mass is 19.1. The van der Waals surface area contributed by atoms with Crippen LogP contribution in [0.2, 0.25) is 0 Å². The first-order valence-electron chi connectivity index (χ1n) is 7.23. The molecule has 0 radical (unpaired) electrons. The molecule has 0 aliphatic carbocycles. The van der Waals surface area contributed by atoms with Crippen molar-refractivity contribution in [1.82, 2.24) is 9.55 Å². The lowest BCUT2D eigenvalue weighted by Gasteiger charge is -2.08. The first kappa shape index (κ1) is 17.1. The summed E-state index contributed by atoms with van der Waals surface area (Å²) in [6.07, 6.45) is 1.07. The van der Waals surface area contributed by atoms with Crippen LogP contribution in [0.15, 0.2) is 47.5 Å². The molecule has 8 nitrogen and oxygen atoms in total. The van der Waals surface area contributed by atoms with Crippen molar-refractivity contribution in [3.05, 3.63) is 74.8 Å². The number of fused-ring (bicyclic) bond motifs is 1. The van der Waals surface area contributed by atoms with Crippen molar-refractivity contribution >= 4 is 28.2 Å². The van der Waals surface area contributed by atoms with Crippen LogP contribution in [0.3, 0.4) is 0 Å². The third-order valence-electron chi connectivity index (χ3n) is 3.48. The van der Waals surface area contributed by atoms with Gasteiger partial charge < -0.3 is 5.32 Å². The van der Waals surface area contributed by atoms with Gasteiger partial charge in [-0.05, 0) is 18.2 Å². The van der Waals surface area contributed by atoms with Gasteiger partial charge in [0.25, 0.3) is 11.2 Å². The van der Waals surface area contributed by atoms with E-state index in [9.17, 15) is 28.5 Å². The molecule has 0 saturated heterocycles. The predicted octanol–water partition coefficient (Wildman–Crippen LogP) is 2.22. The van der Waals surface area contributed by atoms with Crippen LogP contribution in [0.1, 0.15) is 0 Å². The highest BCUT2D eigenvalue weighted by Crippen LogP contribution is 2.16. The predicted molar refractivity (Wildman–Crippen MR) is 87.6 cm³/mol. The van der Waals surface area contributed by atoms with Crippen LogP contribution in [-0.2, 0) is 11.3 Å². The molecule has 1 N–H and O–H groups in total. The van der Waals surface area contributed by atoms with Crippen LogP contribution in [0.4, 0.5) is 20.2 Å². The Hall–Kier alpha value is -3.69. The summed E-state index contributed by atoms with van der Waals surface area (Å²) >= 11 is 0. The molecule has 2 aromatic carbocycles. The highest BCUT2D eigenvalue weighted by Gasteiger charge is 2.12. The van der Waals surface area contributed by atoms with Gasteiger partial charge in [-0.3, -0.25) is 24.3 Å². The minimum absolute atomic E-state index is 0.0927. The van der Waals surface area contributed by atoms with Crippen molar-refractivity contribution in [2.75, 3.05) is 5.32 Å². The number of aromatic nitrogens is 2. The lowest BCUT2D eigenvalue weighted by atomic mass is 10.2. The number of nitro groups is 1. The van der Waals surface area contributed by atoms with E-state index in [0.29, 0.717) is 6.07 Å². The van der Waals surface area contributed by atoms with E-state index in [-0.39, 0.29) is 22.3 Å². The Kier molecular flexibility index (Phi) is 4.40. The molecule has 0 saturated carbocycles. The van der Waals surface area contributed by atoms with Crippen molar-refractivity contribution in [2.24, 2.45) is 0 Å². The number of non-ortho nitro benzene ring substituents is 1. The molecule has 0 fully saturated rings. The standard InChI is InChI=1S/C16H10F2N4O4/c17-9-3-10(18)5-11(4-9)20-15(23)7-21-8-19-14-6-12(22(25)26)1-2-13(14)16(21)24/h1-6,8H,7H2,(H,20,23). The number of benzene rings is 2. The fourth-order valence-corrected chi connectivity index (χ4v) is 2.35. The van der Waals surface area contributed by atoms with Gasteiger partial charge in [-0.1, -0.05) is 0 Å². The average molecular weight is 360 g/mol. The van der Waals surface area contributed by atoms with Crippen LogP contribution in [0.25, 0.3) is 10.9 Å². The number of rotatable bonds is 4. The Labute approximate surface area is 143 Å². The quantitative estimate of drug-likeness (QED) is 0.567. The Morgan fingerprint density at radius 1 is 1.19 bits per heavy atom. The smallest absolute Gasteiger partial charge is 0.271 e. The number of carbonyl (C=O) groups excluding carboxylic acids is 1. The van der Waals surface area contributed by atoms with Crippen molar-refractivity contribution in [3.8, 4) is 0 Å². The van der Waals surface area contributed by atoms with Crippen molar-refractivity contribution in [1.29, 1.82) is 0 Å². The topological polar surface area (TPSA) is 107 Å². The zero-order valence-electron chi connectivity index (χ0n) is 13.0. The van der Waals surface area contributed by atoms with Gasteiger partial charge in [0.15, 0.2) is 0 Å². The third kappa shape index (κ3) is 3.53. The van der Waals surface area contributed by atoms with E-state index < -0.39 is 34.6 Å². The number of hydrogen-bond donors (Lipinski definition) is 1. The first-order chi connectivity index (χ1) is 12.3. The van der Waals surface area contributed by atoms with E-state index in [1.54, 1.807) is 0 Å². The van der Waals surface area contributed by atoms with Crippen molar-refractivity contribution in [3.63, 3.8) is 0 Å². The third-order valence-corrected chi connectivity index (χ3v) is 3.48. The van der Waals surface area contributed by atoms with Gasteiger partial charge >= 0.3 is 0 Å². The van der Waals surface area contributed by atoms with Gasteiger partial charge in [0.05, 0.1) is 22.2 Å². The van der Waals surface area contributed by atoms with Crippen LogP contribution < -0.4 is 10.9 Å². The maximum atomic E-state index is 13.1. The average Bonchev–Trinajstić information content (AvgIpc) is 2.56. The van der Waals surface area contributed by atoms with E-state index in [4.69, 9.17) is 0 Å². The number of anilines is 1. The zero-order valence-corrected chi connectivity index (χ0v) is 13.0. The summed E-state index contributed by atoms with van der Waals surface area (Å²) in [5, 5.41) is 13.1. The van der Waals surface area contributed by atoms with Gasteiger partial charge in [0.2, 0.25) is 5.91 Å². The maximum Gasteiger partial charge on any atom is 0.271 e. The monoisotopic (exact) mass is 360 g/mol. The second-order valence-electron chi connectivity index (χ2n) is 5.34. The molecule has 0 atom stereocenters. The fourth-order valence-electron chi connectivity index (χ4n) is 2.35. The molecule has 10 heteroatoms. The fraction of sp³-hybridized carbons (Fsp3) is 0.0625. The molecule has 0 bridgehead atoms. The number of amides is 1. The summed E-state index contributed by atoms with van der Waals surface area (Å²) in [6.45, 7) is -0.448. The summed E-state index contributed by atoms with van der Waals surface area (Å²) in [4.78, 5) is 38.4. The minimum atomic E-state index is -0.855. The van der Waals surface area contributed by atoms with E-state index in [0.717, 1.165) is 35.2 Å². The second kappa shape index (κ2) is 6.67. The molecular formula is C16H10F2N4O4. The summed E-state index contributed by atoms with van der Waals surface area (Å²) in [7, 11) is 0. The van der Waals surface area contributed by atoms with Crippen molar-refractivity contribution in [2.45, 2.75) is 6.54 Å². The normalized spacial score (nSPS) is 10.7. The van der Waals surface area contributed by atoms with Gasteiger partial charge in [-0.25, -0.2) is 13.8 Å². The van der Waals surface area contributed by atoms with E-state index in [1.165, 1.54) is 6.07 Å². The molecule has 3 rings (SSSR count). The number of nitrogens with zero attached hydrogens (tertiary/aromatic N) is 3. The molecule has 0 unspecified atom stereocenters. The maximum absolute atomic E-state index is 13.1. The lowest BCUT2D eigenvalue weighted by molar-refractivity contribution is -0.384. The van der Waals surface area contributed by atoms with Crippen molar-refractivity contribution < 1.29 is 18.5 Å². The summed E-state index contributed by atoms with van der Waals surface area (Å²) in [5.74, 6) is -2.40. The SMILES string of the molecule is O=C(Cn1cnc2cc([N+](=O)[O-])ccc2c1=O)Nc1cc(F)cc(F)c1.